The number of carbonyl (C=O) groups excluding carboxylic acids is 2. The molecule has 1 aromatic carbocycles. The van der Waals surface area contributed by atoms with Gasteiger partial charge in [-0.1, -0.05) is 0 Å². The van der Waals surface area contributed by atoms with Crippen molar-refractivity contribution in [1.29, 1.82) is 0 Å². The van der Waals surface area contributed by atoms with E-state index in [1.807, 2.05) is 0 Å². The molecule has 0 spiro atoms. The van der Waals surface area contributed by atoms with Gasteiger partial charge in [0.05, 0.1) is 19.1 Å². The number of amides is 2. The molecule has 7 heteroatoms. The van der Waals surface area contributed by atoms with E-state index in [4.69, 9.17) is 9.84 Å². The van der Waals surface area contributed by atoms with Crippen LogP contribution in [0, 0.1) is 11.8 Å². The lowest BCUT2D eigenvalue weighted by Gasteiger charge is -2.27. The average molecular weight is 360 g/mol. The zero-order chi connectivity index (χ0) is 18.5. The van der Waals surface area contributed by atoms with Crippen LogP contribution in [0.15, 0.2) is 24.3 Å². The highest BCUT2D eigenvalue weighted by molar-refractivity contribution is 5.96. The summed E-state index contributed by atoms with van der Waals surface area (Å²) in [6.07, 6.45) is 2.27. The number of aliphatic carboxylic acids is 1. The van der Waals surface area contributed by atoms with Crippen molar-refractivity contribution in [3.8, 4) is 0 Å². The van der Waals surface area contributed by atoms with Crippen molar-refractivity contribution in [2.75, 3.05) is 31.6 Å². The predicted octanol–water partition coefficient (Wildman–Crippen LogP) is 1.99. The normalized spacial score (nSPS) is 23.3. The van der Waals surface area contributed by atoms with Crippen molar-refractivity contribution in [3.05, 3.63) is 29.8 Å². The topological polar surface area (TPSA) is 95.9 Å². The highest BCUT2D eigenvalue weighted by Gasteiger charge is 2.29. The van der Waals surface area contributed by atoms with E-state index in [2.05, 4.69) is 5.32 Å². The number of hydrogen-bond acceptors (Lipinski definition) is 4. The van der Waals surface area contributed by atoms with Gasteiger partial charge in [0.1, 0.15) is 0 Å². The molecule has 0 unspecified atom stereocenters. The van der Waals surface area contributed by atoms with Gasteiger partial charge >= 0.3 is 5.97 Å². The number of benzene rings is 1. The standard InChI is InChI=1S/C19H24N2O5/c22-17(13-1-3-15(4-2-13)19(24)25)20-16-7-5-14(6-8-16)18(23)21-9-11-26-12-10-21/h5-8,13,15H,1-4,9-12H2,(H,20,22)(H,24,25). The van der Waals surface area contributed by atoms with E-state index < -0.39 is 5.97 Å². The molecule has 0 radical (unpaired) electrons. The summed E-state index contributed by atoms with van der Waals surface area (Å²) < 4.78 is 5.25. The van der Waals surface area contributed by atoms with Gasteiger partial charge < -0.3 is 20.1 Å². The van der Waals surface area contributed by atoms with Crippen LogP contribution in [-0.2, 0) is 14.3 Å². The number of ether oxygens (including phenoxy) is 1. The Labute approximate surface area is 152 Å². The molecule has 26 heavy (non-hydrogen) atoms. The molecule has 0 aromatic heterocycles. The average Bonchev–Trinajstić information content (AvgIpc) is 2.68. The van der Waals surface area contributed by atoms with Crippen LogP contribution in [0.1, 0.15) is 36.0 Å². The number of rotatable bonds is 4. The van der Waals surface area contributed by atoms with E-state index in [1.165, 1.54) is 0 Å². The van der Waals surface area contributed by atoms with Crippen molar-refractivity contribution < 1.29 is 24.2 Å². The maximum Gasteiger partial charge on any atom is 0.306 e. The van der Waals surface area contributed by atoms with Gasteiger partial charge in [0.25, 0.3) is 5.91 Å². The molecule has 1 heterocycles. The van der Waals surface area contributed by atoms with Crippen molar-refractivity contribution in [2.45, 2.75) is 25.7 Å². The second-order valence-corrected chi connectivity index (χ2v) is 6.86. The molecular formula is C19H24N2O5. The number of carboxylic acids is 1. The third kappa shape index (κ3) is 4.40. The number of nitrogens with one attached hydrogen (secondary N) is 1. The minimum atomic E-state index is -0.774. The van der Waals surface area contributed by atoms with Crippen LogP contribution in [0.4, 0.5) is 5.69 Å². The number of carbonyl (C=O) groups is 3. The predicted molar refractivity (Wildman–Crippen MR) is 94.9 cm³/mol. The molecule has 2 amide bonds. The number of morpholine rings is 1. The van der Waals surface area contributed by atoms with Gasteiger partial charge in [-0.15, -0.1) is 0 Å². The number of nitrogens with zero attached hydrogens (tertiary/aromatic N) is 1. The summed E-state index contributed by atoms with van der Waals surface area (Å²) in [5.41, 5.74) is 1.24. The Morgan fingerprint density at radius 2 is 1.54 bits per heavy atom. The number of carboxylic acid groups (broad SMARTS) is 1. The highest BCUT2D eigenvalue weighted by Crippen LogP contribution is 2.29. The molecule has 0 bridgehead atoms. The van der Waals surface area contributed by atoms with Crippen LogP contribution in [-0.4, -0.2) is 54.1 Å². The Morgan fingerprint density at radius 1 is 0.962 bits per heavy atom. The van der Waals surface area contributed by atoms with Crippen LogP contribution in [0.25, 0.3) is 0 Å². The molecular weight excluding hydrogens is 336 g/mol. The van der Waals surface area contributed by atoms with Gasteiger partial charge in [0.2, 0.25) is 5.91 Å². The van der Waals surface area contributed by atoms with Crippen LogP contribution >= 0.6 is 0 Å². The van der Waals surface area contributed by atoms with E-state index in [9.17, 15) is 14.4 Å². The summed E-state index contributed by atoms with van der Waals surface area (Å²) in [6.45, 7) is 2.31. The second kappa shape index (κ2) is 8.31. The van der Waals surface area contributed by atoms with E-state index in [-0.39, 0.29) is 23.7 Å². The maximum atomic E-state index is 12.4. The van der Waals surface area contributed by atoms with Gasteiger partial charge in [-0.3, -0.25) is 14.4 Å². The maximum absolute atomic E-state index is 12.4. The molecule has 1 aliphatic carbocycles. The van der Waals surface area contributed by atoms with Crippen LogP contribution in [0.2, 0.25) is 0 Å². The minimum Gasteiger partial charge on any atom is -0.481 e. The fourth-order valence-electron chi connectivity index (χ4n) is 3.49. The van der Waals surface area contributed by atoms with E-state index in [0.29, 0.717) is 63.2 Å². The number of hydrogen-bond donors (Lipinski definition) is 2. The summed E-state index contributed by atoms with van der Waals surface area (Å²) in [4.78, 5) is 37.5. The number of anilines is 1. The SMILES string of the molecule is O=C(O)C1CCC(C(=O)Nc2ccc(C(=O)N3CCOCC3)cc2)CC1. The Morgan fingerprint density at radius 3 is 2.12 bits per heavy atom. The Hall–Kier alpha value is -2.41. The quantitative estimate of drug-likeness (QED) is 0.856. The lowest BCUT2D eigenvalue weighted by molar-refractivity contribution is -0.143. The van der Waals surface area contributed by atoms with Gasteiger partial charge in [0, 0.05) is 30.3 Å². The molecule has 1 aliphatic heterocycles. The zero-order valence-electron chi connectivity index (χ0n) is 14.6. The summed E-state index contributed by atoms with van der Waals surface area (Å²) in [5, 5.41) is 11.9. The fourth-order valence-corrected chi connectivity index (χ4v) is 3.49. The Balaban J connectivity index is 1.53. The van der Waals surface area contributed by atoms with E-state index in [1.54, 1.807) is 29.2 Å². The van der Waals surface area contributed by atoms with Gasteiger partial charge in [-0.25, -0.2) is 0 Å². The molecule has 1 aromatic rings. The smallest absolute Gasteiger partial charge is 0.306 e. The molecule has 2 aliphatic rings. The third-order valence-corrected chi connectivity index (χ3v) is 5.14. The van der Waals surface area contributed by atoms with Gasteiger partial charge in [-0.05, 0) is 49.9 Å². The molecule has 140 valence electrons. The van der Waals surface area contributed by atoms with Crippen molar-refractivity contribution >= 4 is 23.5 Å². The first kappa shape index (κ1) is 18.4. The van der Waals surface area contributed by atoms with Crippen molar-refractivity contribution in [1.82, 2.24) is 4.90 Å². The molecule has 0 atom stereocenters. The largest absolute Gasteiger partial charge is 0.481 e. The molecule has 3 rings (SSSR count). The van der Waals surface area contributed by atoms with Crippen molar-refractivity contribution in [2.24, 2.45) is 11.8 Å². The summed E-state index contributed by atoms with van der Waals surface area (Å²) in [5.74, 6) is -1.37. The van der Waals surface area contributed by atoms with E-state index in [0.717, 1.165) is 0 Å². The molecule has 2 N–H and O–H groups in total. The second-order valence-electron chi connectivity index (χ2n) is 6.86. The lowest BCUT2D eigenvalue weighted by Crippen LogP contribution is -2.40. The first-order valence-electron chi connectivity index (χ1n) is 9.05. The van der Waals surface area contributed by atoms with Gasteiger partial charge in [0.15, 0.2) is 0 Å². The third-order valence-electron chi connectivity index (χ3n) is 5.14. The molecule has 1 saturated heterocycles. The first-order valence-corrected chi connectivity index (χ1v) is 9.05. The first-order chi connectivity index (χ1) is 12.5. The zero-order valence-corrected chi connectivity index (χ0v) is 14.6. The summed E-state index contributed by atoms with van der Waals surface area (Å²) in [7, 11) is 0. The van der Waals surface area contributed by atoms with Gasteiger partial charge in [-0.2, -0.15) is 0 Å². The highest BCUT2D eigenvalue weighted by atomic mass is 16.5. The summed E-state index contributed by atoms with van der Waals surface area (Å²) in [6, 6.07) is 6.90. The Kier molecular flexibility index (Phi) is 5.88. The molecule has 1 saturated carbocycles. The Bertz CT molecular complexity index is 659. The van der Waals surface area contributed by atoms with Crippen molar-refractivity contribution in [3.63, 3.8) is 0 Å². The van der Waals surface area contributed by atoms with Crippen LogP contribution in [0.3, 0.4) is 0 Å². The van der Waals surface area contributed by atoms with E-state index >= 15 is 0 Å². The fraction of sp³-hybridized carbons (Fsp3) is 0.526. The van der Waals surface area contributed by atoms with Crippen LogP contribution in [0.5, 0.6) is 0 Å². The minimum absolute atomic E-state index is 0.0295. The monoisotopic (exact) mass is 360 g/mol. The molecule has 2 fully saturated rings. The summed E-state index contributed by atoms with van der Waals surface area (Å²) >= 11 is 0. The molecule has 7 nitrogen and oxygen atoms in total. The lowest BCUT2D eigenvalue weighted by atomic mass is 9.81. The van der Waals surface area contributed by atoms with Crippen LogP contribution < -0.4 is 5.32 Å².